The second-order valence-corrected chi connectivity index (χ2v) is 17.5. The van der Waals surface area contributed by atoms with Crippen LogP contribution >= 0.6 is 0 Å². The molecule has 62 heavy (non-hydrogen) atoms. The Balaban J connectivity index is 1.22. The summed E-state index contributed by atoms with van der Waals surface area (Å²) in [5, 5.41) is 14.9. The molecule has 0 aliphatic heterocycles. The van der Waals surface area contributed by atoms with E-state index in [1.54, 1.807) is 0 Å². The van der Waals surface area contributed by atoms with Crippen LogP contribution < -0.4 is 0 Å². The average Bonchev–Trinajstić information content (AvgIpc) is 3.33. The fourth-order valence-corrected chi connectivity index (χ4v) is 10.3. The Bertz CT molecular complexity index is 2820. The van der Waals surface area contributed by atoms with Gasteiger partial charge in [-0.15, -0.1) is 0 Å². The molecule has 2 unspecified atom stereocenters. The van der Waals surface area contributed by atoms with Crippen LogP contribution in [-0.2, 0) is 12.8 Å². The fraction of sp³-hybridized carbons (Fsp3) is 0.258. The van der Waals surface area contributed by atoms with Crippen LogP contribution in [0.15, 0.2) is 146 Å². The first kappa shape index (κ1) is 41.0. The number of benzene rings is 9. The Hall–Kier alpha value is -6.34. The van der Waals surface area contributed by atoms with Crippen LogP contribution in [0.3, 0.4) is 0 Å². The number of hydrogen-bond acceptors (Lipinski definition) is 0. The van der Waals surface area contributed by atoms with Crippen LogP contribution in [0, 0.1) is 35.5 Å². The van der Waals surface area contributed by atoms with E-state index in [-0.39, 0.29) is 0 Å². The molecule has 9 aromatic rings. The molecule has 0 aliphatic rings. The monoisotopic (exact) mass is 802 g/mol. The minimum atomic E-state index is 0.670. The Morgan fingerprint density at radius 3 is 0.726 bits per heavy atom. The quantitative estimate of drug-likeness (QED) is 0.0853. The summed E-state index contributed by atoms with van der Waals surface area (Å²) in [5.41, 5.74) is 7.26. The predicted molar refractivity (Wildman–Crippen MR) is 270 cm³/mol. The van der Waals surface area contributed by atoms with E-state index in [0.717, 1.165) is 56.6 Å². The number of hydrogen-bond donors (Lipinski definition) is 0. The molecular weight excluding hydrogens is 745 g/mol. The van der Waals surface area contributed by atoms with Gasteiger partial charge in [0.2, 0.25) is 0 Å². The molecular formula is C62H58. The molecule has 306 valence electrons. The molecule has 0 saturated heterocycles. The largest absolute Gasteiger partial charge is 0.0654 e. The molecule has 0 heterocycles. The third-order valence-corrected chi connectivity index (χ3v) is 13.7. The van der Waals surface area contributed by atoms with E-state index >= 15 is 0 Å². The summed E-state index contributed by atoms with van der Waals surface area (Å²) in [6.07, 6.45) is 12.2. The van der Waals surface area contributed by atoms with Crippen LogP contribution in [0.4, 0.5) is 0 Å². The minimum absolute atomic E-state index is 0.670. The molecule has 0 saturated carbocycles. The maximum absolute atomic E-state index is 3.83. The predicted octanol–water partition coefficient (Wildman–Crippen LogP) is 16.9. The van der Waals surface area contributed by atoms with Gasteiger partial charge in [0.25, 0.3) is 0 Å². The van der Waals surface area contributed by atoms with E-state index in [9.17, 15) is 0 Å². The summed E-state index contributed by atoms with van der Waals surface area (Å²) in [5.74, 6) is 16.6. The zero-order valence-electron chi connectivity index (χ0n) is 37.1. The van der Waals surface area contributed by atoms with Gasteiger partial charge in [-0.3, -0.25) is 0 Å². The first-order valence-corrected chi connectivity index (χ1v) is 23.4. The number of rotatable bonds is 12. The highest BCUT2D eigenvalue weighted by molar-refractivity contribution is 6.12. The lowest BCUT2D eigenvalue weighted by molar-refractivity contribution is 0.451. The summed E-state index contributed by atoms with van der Waals surface area (Å²) < 4.78 is 0. The second kappa shape index (κ2) is 18.7. The van der Waals surface area contributed by atoms with Crippen LogP contribution in [0.1, 0.15) is 112 Å². The third kappa shape index (κ3) is 7.85. The third-order valence-electron chi connectivity index (χ3n) is 13.7. The van der Waals surface area contributed by atoms with Crippen molar-refractivity contribution in [2.45, 2.75) is 91.9 Å². The zero-order chi connectivity index (χ0) is 42.4. The highest BCUT2D eigenvalue weighted by atomic mass is 14.2. The van der Waals surface area contributed by atoms with Crippen molar-refractivity contribution in [2.75, 3.05) is 0 Å². The number of fused-ring (bicyclic) bond motifs is 6. The molecule has 0 bridgehead atoms. The van der Waals surface area contributed by atoms with E-state index in [1.807, 2.05) is 0 Å². The summed E-state index contributed by atoms with van der Waals surface area (Å²) >= 11 is 0. The Morgan fingerprint density at radius 2 is 0.516 bits per heavy atom. The smallest absolute Gasteiger partial charge is 0.0406 e. The van der Waals surface area contributed by atoms with Gasteiger partial charge >= 0.3 is 0 Å². The van der Waals surface area contributed by atoms with Crippen molar-refractivity contribution in [1.29, 1.82) is 0 Å². The van der Waals surface area contributed by atoms with E-state index in [2.05, 4.69) is 197 Å². The Labute approximate surface area is 369 Å². The summed E-state index contributed by atoms with van der Waals surface area (Å²) in [4.78, 5) is 0. The van der Waals surface area contributed by atoms with Crippen molar-refractivity contribution < 1.29 is 0 Å². The van der Waals surface area contributed by atoms with Crippen LogP contribution in [0.5, 0.6) is 0 Å². The molecule has 9 aromatic carbocycles. The van der Waals surface area contributed by atoms with Crippen molar-refractivity contribution in [3.63, 3.8) is 0 Å². The van der Waals surface area contributed by atoms with Gasteiger partial charge in [-0.05, 0) is 100 Å². The lowest BCUT2D eigenvalue weighted by Crippen LogP contribution is -2.05. The van der Waals surface area contributed by atoms with Crippen molar-refractivity contribution in [3.05, 3.63) is 179 Å². The number of unbranched alkanes of at least 4 members (excludes halogenated alkanes) is 2. The maximum atomic E-state index is 3.83. The van der Waals surface area contributed by atoms with Gasteiger partial charge in [0, 0.05) is 22.3 Å². The van der Waals surface area contributed by atoms with Gasteiger partial charge in [0.1, 0.15) is 0 Å². The SMILES string of the molecule is CCCCC(CC)Cc1c2ccccc2c(C#Cc2c3ccccc3c(C#Cc3c4ccccc4c(CC(CC)CCCC)c4ccccc34)c3ccccc23)c2ccccc12. The normalized spacial score (nSPS) is 12.5. The van der Waals surface area contributed by atoms with E-state index in [0.29, 0.717) is 11.8 Å². The molecule has 0 aromatic heterocycles. The molecule has 0 amide bonds. The topological polar surface area (TPSA) is 0 Å². The molecule has 0 spiro atoms. The van der Waals surface area contributed by atoms with E-state index < -0.39 is 0 Å². The zero-order valence-corrected chi connectivity index (χ0v) is 37.1. The van der Waals surface area contributed by atoms with Gasteiger partial charge < -0.3 is 0 Å². The lowest BCUT2D eigenvalue weighted by atomic mass is 9.84. The summed E-state index contributed by atoms with van der Waals surface area (Å²) in [6, 6.07) is 53.4. The molecule has 0 N–H and O–H groups in total. The summed E-state index contributed by atoms with van der Waals surface area (Å²) in [6.45, 7) is 9.32. The molecule has 0 nitrogen and oxygen atoms in total. The van der Waals surface area contributed by atoms with Crippen molar-refractivity contribution in [3.8, 4) is 23.7 Å². The van der Waals surface area contributed by atoms with E-state index in [4.69, 9.17) is 0 Å². The molecule has 0 fully saturated rings. The van der Waals surface area contributed by atoms with Crippen molar-refractivity contribution in [1.82, 2.24) is 0 Å². The Kier molecular flexibility index (Phi) is 12.4. The van der Waals surface area contributed by atoms with Crippen LogP contribution in [-0.4, -0.2) is 0 Å². The molecule has 0 radical (unpaired) electrons. The minimum Gasteiger partial charge on any atom is -0.0654 e. The molecule has 0 heteroatoms. The van der Waals surface area contributed by atoms with Crippen molar-refractivity contribution >= 4 is 64.6 Å². The van der Waals surface area contributed by atoms with Gasteiger partial charge in [0.15, 0.2) is 0 Å². The van der Waals surface area contributed by atoms with Gasteiger partial charge in [0.05, 0.1) is 0 Å². The fourth-order valence-electron chi connectivity index (χ4n) is 10.3. The van der Waals surface area contributed by atoms with Crippen LogP contribution in [0.25, 0.3) is 64.6 Å². The molecule has 9 rings (SSSR count). The van der Waals surface area contributed by atoms with Gasteiger partial charge in [-0.1, -0.05) is 248 Å². The molecule has 0 aliphatic carbocycles. The standard InChI is InChI=1S/C62H58/c1-5-9-23-43(7-3)41-61-53-33-19-15-29-49(53)59(50-30-16-20-34-54(50)61)39-37-57-45-25-11-13-27-47(45)58(48-28-14-12-26-46(48)57)38-40-60-51-31-17-21-35-55(51)62(42-44(8-4)24-10-6-2)56-36-22-18-32-52(56)60/h11-22,25-36,43-44H,5-10,23-24,41-42H2,1-4H3. The van der Waals surface area contributed by atoms with Gasteiger partial charge in [-0.2, -0.15) is 0 Å². The van der Waals surface area contributed by atoms with Crippen LogP contribution in [0.2, 0.25) is 0 Å². The first-order valence-electron chi connectivity index (χ1n) is 23.4. The Morgan fingerprint density at radius 1 is 0.306 bits per heavy atom. The van der Waals surface area contributed by atoms with Crippen molar-refractivity contribution in [2.24, 2.45) is 11.8 Å². The van der Waals surface area contributed by atoms with Gasteiger partial charge in [-0.25, -0.2) is 0 Å². The summed E-state index contributed by atoms with van der Waals surface area (Å²) in [7, 11) is 0. The average molecular weight is 803 g/mol. The maximum Gasteiger partial charge on any atom is 0.0406 e. The first-order chi connectivity index (χ1) is 30.6. The highest BCUT2D eigenvalue weighted by Gasteiger charge is 2.19. The molecule has 2 atom stereocenters. The highest BCUT2D eigenvalue weighted by Crippen LogP contribution is 2.38. The van der Waals surface area contributed by atoms with E-state index in [1.165, 1.54) is 106 Å². The lowest BCUT2D eigenvalue weighted by Gasteiger charge is -2.19. The second-order valence-electron chi connectivity index (χ2n) is 17.5.